The Kier molecular flexibility index (Phi) is 7.02. The molecule has 0 aliphatic carbocycles. The maximum Gasteiger partial charge on any atom is 0.261 e. The van der Waals surface area contributed by atoms with Crippen LogP contribution >= 0.6 is 11.3 Å². The number of benzene rings is 3. The summed E-state index contributed by atoms with van der Waals surface area (Å²) >= 11 is 1.53. The molecule has 1 saturated heterocycles. The Morgan fingerprint density at radius 3 is 2.08 bits per heavy atom. The van der Waals surface area contributed by atoms with E-state index >= 15 is 0 Å². The molecule has 1 aliphatic rings. The van der Waals surface area contributed by atoms with Gasteiger partial charge in [0.05, 0.1) is 18.3 Å². The van der Waals surface area contributed by atoms with Gasteiger partial charge >= 0.3 is 0 Å². The molecule has 3 aromatic carbocycles. The Hall–Kier alpha value is -2.93. The van der Waals surface area contributed by atoms with Crippen LogP contribution in [0.1, 0.15) is 50.9 Å². The maximum absolute atomic E-state index is 7.11. The average molecular weight is 514 g/mol. The van der Waals surface area contributed by atoms with Crippen molar-refractivity contribution in [2.24, 2.45) is 0 Å². The molecule has 186 valence electrons. The van der Waals surface area contributed by atoms with Crippen LogP contribution in [-0.4, -0.2) is 19.8 Å². The van der Waals surface area contributed by atoms with Crippen LogP contribution in [0.5, 0.6) is 0 Å². The lowest BCUT2D eigenvalue weighted by atomic mass is 10.1. The molecule has 0 saturated carbocycles. The number of rotatable bonds is 7. The molecule has 36 heavy (non-hydrogen) atoms. The van der Waals surface area contributed by atoms with Crippen LogP contribution in [0, 0.1) is 0 Å². The molecular weight excluding hydrogens is 479 g/mol. The topological polar surface area (TPSA) is 51.4 Å². The normalized spacial score (nSPS) is 16.4. The van der Waals surface area contributed by atoms with Crippen molar-refractivity contribution in [1.29, 1.82) is 0 Å². The lowest BCUT2D eigenvalue weighted by Gasteiger charge is -2.43. The smallest absolute Gasteiger partial charge is 0.261 e. The fraction of sp³-hybridized carbons (Fsp3) is 0.300. The molecule has 0 bridgehead atoms. The maximum atomic E-state index is 7.11. The minimum absolute atomic E-state index is 0.0339. The molecule has 2 heterocycles. The molecule has 4 aromatic rings. The van der Waals surface area contributed by atoms with Crippen molar-refractivity contribution >= 4 is 40.8 Å². The third-order valence-electron chi connectivity index (χ3n) is 7.27. The zero-order valence-corrected chi connectivity index (χ0v) is 23.2. The molecule has 6 heteroatoms. The standard InChI is InChI=1S/C30H35N3OSSi/c1-30(2,3)36(25-11-6-4-7-12-25,26-13-8-5-9-14-26)34-21-23-16-18-24(19-17-23)33-20-10-15-28(33)27-22-35-29(31)32-27/h4-9,11-14,16-19,22,28H,10,15,20-21H2,1-3H3,(H2,31,32). The first-order chi connectivity index (χ1) is 17.4. The van der Waals surface area contributed by atoms with E-state index in [-0.39, 0.29) is 5.04 Å². The first kappa shape index (κ1) is 24.7. The summed E-state index contributed by atoms with van der Waals surface area (Å²) in [6.45, 7) is 8.59. The van der Waals surface area contributed by atoms with Gasteiger partial charge in [-0.1, -0.05) is 93.6 Å². The monoisotopic (exact) mass is 513 g/mol. The van der Waals surface area contributed by atoms with Crippen LogP contribution < -0.4 is 21.0 Å². The van der Waals surface area contributed by atoms with E-state index in [0.717, 1.165) is 18.7 Å². The van der Waals surface area contributed by atoms with E-state index in [4.69, 9.17) is 10.2 Å². The van der Waals surface area contributed by atoms with Crippen LogP contribution in [0.15, 0.2) is 90.3 Å². The highest BCUT2D eigenvalue weighted by Crippen LogP contribution is 2.39. The Labute approximate surface area is 219 Å². The fourth-order valence-corrected chi connectivity index (χ4v) is 10.7. The van der Waals surface area contributed by atoms with Crippen LogP contribution in [0.4, 0.5) is 10.8 Å². The van der Waals surface area contributed by atoms with E-state index in [0.29, 0.717) is 17.8 Å². The lowest BCUT2D eigenvalue weighted by molar-refractivity contribution is 0.286. The van der Waals surface area contributed by atoms with Gasteiger partial charge < -0.3 is 15.1 Å². The van der Waals surface area contributed by atoms with Crippen molar-refractivity contribution in [3.63, 3.8) is 0 Å². The van der Waals surface area contributed by atoms with Crippen LogP contribution in [0.3, 0.4) is 0 Å². The lowest BCUT2D eigenvalue weighted by Crippen LogP contribution is -2.66. The molecule has 1 fully saturated rings. The zero-order valence-electron chi connectivity index (χ0n) is 21.4. The van der Waals surface area contributed by atoms with E-state index < -0.39 is 8.32 Å². The summed E-state index contributed by atoms with van der Waals surface area (Å²) in [4.78, 5) is 7.02. The van der Waals surface area contributed by atoms with Gasteiger partial charge in [0.1, 0.15) is 0 Å². The predicted octanol–water partition coefficient (Wildman–Crippen LogP) is 6.14. The molecule has 4 nitrogen and oxygen atoms in total. The van der Waals surface area contributed by atoms with E-state index in [1.807, 2.05) is 0 Å². The molecule has 5 rings (SSSR count). The minimum atomic E-state index is -2.55. The Morgan fingerprint density at radius 2 is 1.56 bits per heavy atom. The molecule has 1 atom stereocenters. The fourth-order valence-electron chi connectivity index (χ4n) is 5.57. The summed E-state index contributed by atoms with van der Waals surface area (Å²) in [5, 5.41) is 5.33. The van der Waals surface area contributed by atoms with Gasteiger partial charge in [-0.2, -0.15) is 0 Å². The first-order valence-electron chi connectivity index (χ1n) is 12.7. The van der Waals surface area contributed by atoms with Gasteiger partial charge in [-0.05, 0) is 45.9 Å². The summed E-state index contributed by atoms with van der Waals surface area (Å²) in [5.74, 6) is 0. The van der Waals surface area contributed by atoms with E-state index in [1.54, 1.807) is 0 Å². The van der Waals surface area contributed by atoms with E-state index in [1.165, 1.54) is 39.4 Å². The molecule has 1 unspecified atom stereocenters. The summed E-state index contributed by atoms with van der Waals surface area (Å²) in [7, 11) is -2.55. The number of nitrogens with two attached hydrogens (primary N) is 1. The van der Waals surface area contributed by atoms with E-state index in [9.17, 15) is 0 Å². The summed E-state index contributed by atoms with van der Waals surface area (Å²) in [6, 6.07) is 30.9. The number of nitrogens with zero attached hydrogens (tertiary/aromatic N) is 2. The van der Waals surface area contributed by atoms with Crippen molar-refractivity contribution in [3.05, 3.63) is 102 Å². The van der Waals surface area contributed by atoms with Gasteiger partial charge in [0.2, 0.25) is 0 Å². The second kappa shape index (κ2) is 10.2. The van der Waals surface area contributed by atoms with Crippen molar-refractivity contribution in [1.82, 2.24) is 4.98 Å². The summed E-state index contributed by atoms with van der Waals surface area (Å²) < 4.78 is 7.11. The summed E-state index contributed by atoms with van der Waals surface area (Å²) in [5.41, 5.74) is 9.43. The summed E-state index contributed by atoms with van der Waals surface area (Å²) in [6.07, 6.45) is 2.28. The van der Waals surface area contributed by atoms with Crippen LogP contribution in [0.25, 0.3) is 0 Å². The van der Waals surface area contributed by atoms with Gasteiger partial charge in [-0.25, -0.2) is 4.98 Å². The van der Waals surface area contributed by atoms with Gasteiger partial charge in [0.25, 0.3) is 8.32 Å². The van der Waals surface area contributed by atoms with E-state index in [2.05, 4.69) is 121 Å². The van der Waals surface area contributed by atoms with Crippen molar-refractivity contribution in [2.75, 3.05) is 17.2 Å². The number of thiazole rings is 1. The average Bonchev–Trinajstić information content (AvgIpc) is 3.54. The number of anilines is 2. The van der Waals surface area contributed by atoms with Crippen molar-refractivity contribution < 1.29 is 4.43 Å². The highest BCUT2D eigenvalue weighted by atomic mass is 32.1. The van der Waals surface area contributed by atoms with Gasteiger partial charge in [0.15, 0.2) is 5.13 Å². The Morgan fingerprint density at radius 1 is 0.944 bits per heavy atom. The first-order valence-corrected chi connectivity index (χ1v) is 15.5. The van der Waals surface area contributed by atoms with Crippen LogP contribution in [0.2, 0.25) is 5.04 Å². The number of aromatic nitrogens is 1. The third-order valence-corrected chi connectivity index (χ3v) is 12.9. The van der Waals surface area contributed by atoms with Gasteiger partial charge in [-0.15, -0.1) is 11.3 Å². The number of hydrogen-bond acceptors (Lipinski definition) is 5. The molecule has 2 N–H and O–H groups in total. The highest BCUT2D eigenvalue weighted by Gasteiger charge is 2.50. The molecule has 0 radical (unpaired) electrons. The van der Waals surface area contributed by atoms with Crippen molar-refractivity contribution in [3.8, 4) is 0 Å². The zero-order chi connectivity index (χ0) is 25.2. The molecule has 0 amide bonds. The predicted molar refractivity (Wildman–Crippen MR) is 155 cm³/mol. The second-order valence-electron chi connectivity index (χ2n) is 10.6. The van der Waals surface area contributed by atoms with Crippen molar-refractivity contribution in [2.45, 2.75) is 51.3 Å². The number of hydrogen-bond donors (Lipinski definition) is 1. The quantitative estimate of drug-likeness (QED) is 0.302. The minimum Gasteiger partial charge on any atom is -0.403 e. The SMILES string of the molecule is CC(C)(C)[Si](OCc1ccc(N2CCCC2c2csc(N)n2)cc1)(c1ccccc1)c1ccccc1. The molecule has 0 spiro atoms. The number of nitrogen functional groups attached to an aromatic ring is 1. The second-order valence-corrected chi connectivity index (χ2v) is 15.8. The Balaban J connectivity index is 1.41. The molecule has 1 aliphatic heterocycles. The highest BCUT2D eigenvalue weighted by molar-refractivity contribution is 7.13. The third kappa shape index (κ3) is 4.73. The van der Waals surface area contributed by atoms with Gasteiger partial charge in [0, 0.05) is 17.6 Å². The Bertz CT molecular complexity index is 1230. The largest absolute Gasteiger partial charge is 0.403 e. The van der Waals surface area contributed by atoms with Gasteiger partial charge in [-0.3, -0.25) is 0 Å². The van der Waals surface area contributed by atoms with Crippen LogP contribution in [-0.2, 0) is 11.0 Å². The molecule has 1 aromatic heterocycles. The molecular formula is C30H35N3OSSi.